The molecule has 4 N–H and O–H groups in total. The van der Waals surface area contributed by atoms with E-state index in [4.69, 9.17) is 5.11 Å². The second-order valence-corrected chi connectivity index (χ2v) is 11.5. The number of pyridine rings is 1. The molecule has 0 bridgehead atoms. The lowest BCUT2D eigenvalue weighted by atomic mass is 10.2. The van der Waals surface area contributed by atoms with Gasteiger partial charge in [0.25, 0.3) is 5.91 Å². The number of hydrogen-bond donors (Lipinski definition) is 4. The van der Waals surface area contributed by atoms with E-state index in [9.17, 15) is 27.9 Å². The van der Waals surface area contributed by atoms with E-state index in [-0.39, 0.29) is 29.5 Å². The maximum atomic E-state index is 12.6. The van der Waals surface area contributed by atoms with Crippen LogP contribution in [0.3, 0.4) is 0 Å². The third-order valence-corrected chi connectivity index (χ3v) is 8.45. The molecule has 0 spiro atoms. The molecule has 1 aliphatic heterocycles. The number of Topliss-reactive ketones (excluding diaryl/α,β-unsaturated/α-hetero) is 1. The summed E-state index contributed by atoms with van der Waals surface area (Å²) in [5.41, 5.74) is 0.473. The maximum absolute atomic E-state index is 12.6. The van der Waals surface area contributed by atoms with Gasteiger partial charge in [0.2, 0.25) is 10.0 Å². The number of nitrogens with one attached hydrogen (secondary N) is 2. The summed E-state index contributed by atoms with van der Waals surface area (Å²) in [5.74, 6) is -1.69. The Morgan fingerprint density at radius 3 is 2.72 bits per heavy atom. The number of hydrogen-bond acceptors (Lipinski definition) is 9. The molecule has 1 unspecified atom stereocenters. The minimum atomic E-state index is -4.06. The Balaban J connectivity index is 1.45. The Kier molecular flexibility index (Phi) is 9.70. The second-order valence-electron chi connectivity index (χ2n) is 7.48. The van der Waals surface area contributed by atoms with Gasteiger partial charge in [-0.1, -0.05) is 18.2 Å². The SMILES string of the molecule is O=C(CNC(=O)C1=CC=CC(CNS(=O)(=O)c2ccc(O)c(C(=O)O)c2)S1)CSCc1cccnc1. The Bertz CT molecular complexity index is 1300. The molecule has 190 valence electrons. The highest BCUT2D eigenvalue weighted by molar-refractivity contribution is 8.04. The third kappa shape index (κ3) is 7.95. The number of allylic oxidation sites excluding steroid dienone is 2. The van der Waals surface area contributed by atoms with E-state index < -0.39 is 38.5 Å². The molecule has 1 atom stereocenters. The van der Waals surface area contributed by atoms with Crippen LogP contribution >= 0.6 is 23.5 Å². The number of ketones is 1. The molecule has 0 saturated heterocycles. The van der Waals surface area contributed by atoms with Crippen molar-refractivity contribution in [1.82, 2.24) is 15.0 Å². The maximum Gasteiger partial charge on any atom is 0.339 e. The van der Waals surface area contributed by atoms with Crippen molar-refractivity contribution in [2.45, 2.75) is 15.9 Å². The molecule has 2 aromatic rings. The van der Waals surface area contributed by atoms with Crippen LogP contribution in [-0.4, -0.2) is 65.4 Å². The number of carbonyl (C=O) groups is 3. The van der Waals surface area contributed by atoms with Gasteiger partial charge in [0.1, 0.15) is 11.3 Å². The average molecular weight is 550 g/mol. The summed E-state index contributed by atoms with van der Waals surface area (Å²) in [6, 6.07) is 6.70. The number of carboxylic acids is 1. The zero-order valence-corrected chi connectivity index (χ0v) is 21.2. The fourth-order valence-corrected chi connectivity index (χ4v) is 5.99. The molecule has 3 rings (SSSR count). The number of thioether (sulfide) groups is 2. The van der Waals surface area contributed by atoms with Crippen LogP contribution in [0.1, 0.15) is 15.9 Å². The lowest BCUT2D eigenvalue weighted by molar-refractivity contribution is -0.121. The van der Waals surface area contributed by atoms with E-state index in [2.05, 4.69) is 15.0 Å². The van der Waals surface area contributed by atoms with Crippen molar-refractivity contribution in [3.63, 3.8) is 0 Å². The lowest BCUT2D eigenvalue weighted by Gasteiger charge is -2.18. The number of aromatic nitrogens is 1. The lowest BCUT2D eigenvalue weighted by Crippen LogP contribution is -2.33. The van der Waals surface area contributed by atoms with E-state index in [1.807, 2.05) is 12.1 Å². The fourth-order valence-electron chi connectivity index (χ4n) is 2.96. The van der Waals surface area contributed by atoms with Crippen molar-refractivity contribution >= 4 is 51.2 Å². The van der Waals surface area contributed by atoms with E-state index in [1.165, 1.54) is 11.8 Å². The van der Waals surface area contributed by atoms with Gasteiger partial charge in [0.05, 0.1) is 22.1 Å². The van der Waals surface area contributed by atoms with Crippen LogP contribution in [0.5, 0.6) is 5.75 Å². The summed E-state index contributed by atoms with van der Waals surface area (Å²) >= 11 is 2.56. The van der Waals surface area contributed by atoms with Crippen molar-refractivity contribution in [1.29, 1.82) is 0 Å². The summed E-state index contributed by atoms with van der Waals surface area (Å²) in [4.78, 5) is 39.8. The first-order valence-electron chi connectivity index (χ1n) is 10.5. The average Bonchev–Trinajstić information content (AvgIpc) is 2.87. The number of aromatic hydroxyl groups is 1. The van der Waals surface area contributed by atoms with Gasteiger partial charge in [-0.05, 0) is 35.9 Å². The van der Waals surface area contributed by atoms with Crippen molar-refractivity contribution in [3.05, 3.63) is 77.0 Å². The van der Waals surface area contributed by atoms with Crippen LogP contribution in [0.25, 0.3) is 0 Å². The molecule has 1 aliphatic rings. The minimum Gasteiger partial charge on any atom is -0.507 e. The molecule has 0 fully saturated rings. The highest BCUT2D eigenvalue weighted by atomic mass is 32.2. The Morgan fingerprint density at radius 2 is 2.00 bits per heavy atom. The minimum absolute atomic E-state index is 0.0681. The standard InChI is InChI=1S/C23H23N3O7S3/c27-16(14-34-13-15-3-2-8-24-10-15)11-25-22(29)21-5-1-4-17(35-21)12-26-36(32,33)18-6-7-20(28)19(9-18)23(30)31/h1-10,17,26,28H,11-14H2,(H,25,29)(H,30,31). The molecule has 13 heteroatoms. The van der Waals surface area contributed by atoms with E-state index in [1.54, 1.807) is 30.6 Å². The van der Waals surface area contributed by atoms with Crippen molar-refractivity contribution in [3.8, 4) is 5.75 Å². The Hall–Kier alpha value is -3.13. The topological polar surface area (TPSA) is 163 Å². The van der Waals surface area contributed by atoms with Crippen LogP contribution in [-0.2, 0) is 25.4 Å². The van der Waals surface area contributed by atoms with E-state index in [0.29, 0.717) is 10.7 Å². The molecular formula is C23H23N3O7S3. The molecule has 1 amide bonds. The molecule has 2 heterocycles. The number of benzene rings is 1. The highest BCUT2D eigenvalue weighted by Crippen LogP contribution is 2.27. The number of rotatable bonds is 12. The first-order valence-corrected chi connectivity index (χ1v) is 14.0. The number of carbonyl (C=O) groups excluding carboxylic acids is 2. The monoisotopic (exact) mass is 549 g/mol. The first-order chi connectivity index (χ1) is 17.2. The molecule has 36 heavy (non-hydrogen) atoms. The third-order valence-electron chi connectivity index (χ3n) is 4.76. The molecule has 1 aromatic heterocycles. The van der Waals surface area contributed by atoms with Gasteiger partial charge in [0.15, 0.2) is 5.78 Å². The summed E-state index contributed by atoms with van der Waals surface area (Å²) in [6.45, 7) is -0.189. The Morgan fingerprint density at radius 1 is 1.19 bits per heavy atom. The summed E-state index contributed by atoms with van der Waals surface area (Å²) in [7, 11) is -4.06. The number of carboxylic acid groups (broad SMARTS) is 1. The van der Waals surface area contributed by atoms with Crippen LogP contribution in [0, 0.1) is 0 Å². The highest BCUT2D eigenvalue weighted by Gasteiger charge is 2.23. The quantitative estimate of drug-likeness (QED) is 0.308. The zero-order valence-electron chi connectivity index (χ0n) is 18.8. The van der Waals surface area contributed by atoms with Gasteiger partial charge in [-0.15, -0.1) is 23.5 Å². The van der Waals surface area contributed by atoms with Crippen molar-refractivity contribution in [2.75, 3.05) is 18.8 Å². The molecule has 0 radical (unpaired) electrons. The number of amides is 1. The number of nitrogens with zero attached hydrogens (tertiary/aromatic N) is 1. The molecule has 10 nitrogen and oxygen atoms in total. The molecule has 1 aromatic carbocycles. The summed E-state index contributed by atoms with van der Waals surface area (Å²) in [6.07, 6.45) is 8.32. The fraction of sp³-hybridized carbons (Fsp3) is 0.217. The van der Waals surface area contributed by atoms with Gasteiger partial charge in [-0.2, -0.15) is 0 Å². The smallest absolute Gasteiger partial charge is 0.339 e. The van der Waals surface area contributed by atoms with Gasteiger partial charge >= 0.3 is 5.97 Å². The number of aromatic carboxylic acids is 1. The summed E-state index contributed by atoms with van der Waals surface area (Å²) < 4.78 is 27.5. The summed E-state index contributed by atoms with van der Waals surface area (Å²) in [5, 5.41) is 20.8. The van der Waals surface area contributed by atoms with Crippen molar-refractivity contribution < 1.29 is 33.0 Å². The predicted octanol–water partition coefficient (Wildman–Crippen LogP) is 1.94. The number of sulfonamides is 1. The van der Waals surface area contributed by atoms with Crippen LogP contribution in [0.4, 0.5) is 0 Å². The van der Waals surface area contributed by atoms with Crippen LogP contribution < -0.4 is 10.0 Å². The molecule has 0 saturated carbocycles. The normalized spacial score (nSPS) is 15.2. The largest absolute Gasteiger partial charge is 0.507 e. The molecule has 0 aliphatic carbocycles. The van der Waals surface area contributed by atoms with Gasteiger partial charge < -0.3 is 15.5 Å². The molecular weight excluding hydrogens is 526 g/mol. The predicted molar refractivity (Wildman–Crippen MR) is 137 cm³/mol. The first kappa shape index (κ1) is 27.5. The van der Waals surface area contributed by atoms with Crippen LogP contribution in [0.15, 0.2) is 70.8 Å². The van der Waals surface area contributed by atoms with E-state index in [0.717, 1.165) is 35.5 Å². The van der Waals surface area contributed by atoms with E-state index >= 15 is 0 Å². The van der Waals surface area contributed by atoms with Crippen LogP contribution in [0.2, 0.25) is 0 Å². The Labute approximate surface area is 216 Å². The van der Waals surface area contributed by atoms with Gasteiger partial charge in [-0.3, -0.25) is 14.6 Å². The zero-order chi connectivity index (χ0) is 26.1. The van der Waals surface area contributed by atoms with Gasteiger partial charge in [0, 0.05) is 29.9 Å². The van der Waals surface area contributed by atoms with Crippen molar-refractivity contribution in [2.24, 2.45) is 0 Å². The number of phenols is 1. The van der Waals surface area contributed by atoms with Gasteiger partial charge in [-0.25, -0.2) is 17.9 Å². The second kappa shape index (κ2) is 12.7.